The van der Waals surface area contributed by atoms with Gasteiger partial charge in [-0.15, -0.1) is 0 Å². The largest absolute Gasteiger partial charge is 0.478 e. The number of anilines is 1. The molecule has 0 aliphatic carbocycles. The van der Waals surface area contributed by atoms with Gasteiger partial charge in [-0.3, -0.25) is 0 Å². The fourth-order valence-electron chi connectivity index (χ4n) is 2.13. The summed E-state index contributed by atoms with van der Waals surface area (Å²) in [4.78, 5) is 15.2. The van der Waals surface area contributed by atoms with Crippen molar-refractivity contribution in [2.75, 3.05) is 18.5 Å². The molecule has 0 radical (unpaired) electrons. The van der Waals surface area contributed by atoms with E-state index >= 15 is 0 Å². The Balaban J connectivity index is 1.91. The van der Waals surface area contributed by atoms with Crippen molar-refractivity contribution in [1.82, 2.24) is 4.98 Å². The van der Waals surface area contributed by atoms with E-state index in [1.165, 1.54) is 12.1 Å². The Morgan fingerprint density at radius 3 is 3.05 bits per heavy atom. The van der Waals surface area contributed by atoms with Crippen LogP contribution in [0.5, 0.6) is 0 Å². The summed E-state index contributed by atoms with van der Waals surface area (Å²) in [7, 11) is 0. The van der Waals surface area contributed by atoms with E-state index in [1.54, 1.807) is 6.07 Å². The Kier molecular flexibility index (Phi) is 2.67. The van der Waals surface area contributed by atoms with Crippen LogP contribution in [0, 0.1) is 0 Å². The lowest BCUT2D eigenvalue weighted by atomic mass is 10.0. The lowest BCUT2D eigenvalue weighted by Gasteiger charge is -2.21. The molecule has 1 aliphatic heterocycles. The molecule has 3 rings (SSSR count). The van der Waals surface area contributed by atoms with E-state index < -0.39 is 5.97 Å². The number of fused-ring (bicyclic) bond motifs is 1. The van der Waals surface area contributed by atoms with Gasteiger partial charge in [0.25, 0.3) is 6.01 Å². The van der Waals surface area contributed by atoms with Crippen molar-refractivity contribution in [3.8, 4) is 0 Å². The molecule has 1 aromatic carbocycles. The van der Waals surface area contributed by atoms with Gasteiger partial charge in [0.15, 0.2) is 5.58 Å². The third-order valence-corrected chi connectivity index (χ3v) is 3.26. The van der Waals surface area contributed by atoms with Crippen molar-refractivity contribution in [2.45, 2.75) is 18.9 Å². The summed E-state index contributed by atoms with van der Waals surface area (Å²) in [6, 6.07) is 5.02. The van der Waals surface area contributed by atoms with E-state index in [9.17, 15) is 4.79 Å². The maximum atomic E-state index is 10.9. The molecule has 0 bridgehead atoms. The molecular formula is C13H14N2O4. The fourth-order valence-corrected chi connectivity index (χ4v) is 2.13. The molecule has 1 atom stereocenters. The van der Waals surface area contributed by atoms with Gasteiger partial charge in [-0.05, 0) is 31.5 Å². The van der Waals surface area contributed by atoms with Gasteiger partial charge in [0.1, 0.15) is 5.52 Å². The summed E-state index contributed by atoms with van der Waals surface area (Å²) in [5.74, 6) is -0.982. The zero-order valence-electron chi connectivity index (χ0n) is 10.5. The SMILES string of the molecule is CC1(Nc2nc3ccc(C(=O)O)cc3o2)CCOC1. The number of ether oxygens (including phenoxy) is 1. The smallest absolute Gasteiger partial charge is 0.335 e. The second kappa shape index (κ2) is 4.24. The van der Waals surface area contributed by atoms with Crippen molar-refractivity contribution >= 4 is 23.1 Å². The highest BCUT2D eigenvalue weighted by Gasteiger charge is 2.31. The molecule has 2 N–H and O–H groups in total. The molecule has 19 heavy (non-hydrogen) atoms. The highest BCUT2D eigenvalue weighted by atomic mass is 16.5. The van der Waals surface area contributed by atoms with Gasteiger partial charge in [-0.1, -0.05) is 0 Å². The summed E-state index contributed by atoms with van der Waals surface area (Å²) < 4.78 is 10.9. The van der Waals surface area contributed by atoms with Crippen LogP contribution in [-0.2, 0) is 4.74 Å². The third-order valence-electron chi connectivity index (χ3n) is 3.26. The number of hydrogen-bond acceptors (Lipinski definition) is 5. The van der Waals surface area contributed by atoms with Gasteiger partial charge in [-0.2, -0.15) is 4.98 Å². The molecule has 1 aliphatic rings. The summed E-state index contributed by atoms with van der Waals surface area (Å²) in [5.41, 5.74) is 1.10. The van der Waals surface area contributed by atoms with Crippen LogP contribution in [0.3, 0.4) is 0 Å². The number of carboxylic acids is 1. The standard InChI is InChI=1S/C13H14N2O4/c1-13(4-5-18-7-13)15-12-14-9-3-2-8(11(16)17)6-10(9)19-12/h2-3,6H,4-5,7H2,1H3,(H,14,15)(H,16,17). The van der Waals surface area contributed by atoms with Gasteiger partial charge in [0.2, 0.25) is 0 Å². The van der Waals surface area contributed by atoms with Crippen molar-refractivity contribution in [1.29, 1.82) is 0 Å². The number of hydrogen-bond donors (Lipinski definition) is 2. The van der Waals surface area contributed by atoms with Crippen LogP contribution in [0.1, 0.15) is 23.7 Å². The highest BCUT2D eigenvalue weighted by Crippen LogP contribution is 2.26. The van der Waals surface area contributed by atoms with Crippen LogP contribution < -0.4 is 5.32 Å². The number of carbonyl (C=O) groups is 1. The Hall–Kier alpha value is -2.08. The van der Waals surface area contributed by atoms with E-state index in [0.29, 0.717) is 30.3 Å². The minimum absolute atomic E-state index is 0.184. The molecule has 2 heterocycles. The van der Waals surface area contributed by atoms with E-state index in [0.717, 1.165) is 6.42 Å². The van der Waals surface area contributed by atoms with Crippen LogP contribution >= 0.6 is 0 Å². The number of oxazole rings is 1. The highest BCUT2D eigenvalue weighted by molar-refractivity contribution is 5.92. The maximum Gasteiger partial charge on any atom is 0.335 e. The predicted octanol–water partition coefficient (Wildman–Crippen LogP) is 2.12. The predicted molar refractivity (Wildman–Crippen MR) is 68.4 cm³/mol. The lowest BCUT2D eigenvalue weighted by Crippen LogP contribution is -2.35. The Morgan fingerprint density at radius 1 is 1.53 bits per heavy atom. The molecule has 100 valence electrons. The van der Waals surface area contributed by atoms with Gasteiger partial charge >= 0.3 is 5.97 Å². The number of carboxylic acid groups (broad SMARTS) is 1. The second-order valence-electron chi connectivity index (χ2n) is 4.99. The number of aromatic nitrogens is 1. The van der Waals surface area contributed by atoms with Crippen molar-refractivity contribution in [3.05, 3.63) is 23.8 Å². The van der Waals surface area contributed by atoms with E-state index in [2.05, 4.69) is 10.3 Å². The quantitative estimate of drug-likeness (QED) is 0.881. The summed E-state index contributed by atoms with van der Waals surface area (Å²) >= 11 is 0. The van der Waals surface area contributed by atoms with E-state index in [1.807, 2.05) is 6.92 Å². The molecule has 2 aromatic rings. The Morgan fingerprint density at radius 2 is 2.37 bits per heavy atom. The molecule has 0 saturated carbocycles. The van der Waals surface area contributed by atoms with Crippen LogP contribution in [0.25, 0.3) is 11.1 Å². The van der Waals surface area contributed by atoms with Crippen LogP contribution in [0.4, 0.5) is 6.01 Å². The average molecular weight is 262 g/mol. The first-order valence-electron chi connectivity index (χ1n) is 6.06. The zero-order chi connectivity index (χ0) is 13.5. The van der Waals surface area contributed by atoms with Crippen molar-refractivity contribution < 1.29 is 19.1 Å². The number of rotatable bonds is 3. The van der Waals surface area contributed by atoms with Crippen LogP contribution in [0.15, 0.2) is 22.6 Å². The number of nitrogens with zero attached hydrogens (tertiary/aromatic N) is 1. The van der Waals surface area contributed by atoms with E-state index in [-0.39, 0.29) is 11.1 Å². The molecule has 1 unspecified atom stereocenters. The van der Waals surface area contributed by atoms with Gasteiger partial charge in [0.05, 0.1) is 17.7 Å². The first-order valence-corrected chi connectivity index (χ1v) is 6.06. The normalized spacial score (nSPS) is 22.8. The van der Waals surface area contributed by atoms with Crippen molar-refractivity contribution in [2.24, 2.45) is 0 Å². The van der Waals surface area contributed by atoms with Crippen molar-refractivity contribution in [3.63, 3.8) is 0 Å². The van der Waals surface area contributed by atoms with Gasteiger partial charge in [-0.25, -0.2) is 4.79 Å². The third kappa shape index (κ3) is 2.26. The first kappa shape index (κ1) is 12.0. The molecule has 0 amide bonds. The van der Waals surface area contributed by atoms with Gasteiger partial charge < -0.3 is 19.6 Å². The number of nitrogens with one attached hydrogen (secondary N) is 1. The minimum atomic E-state index is -0.982. The molecule has 6 heteroatoms. The zero-order valence-corrected chi connectivity index (χ0v) is 10.5. The minimum Gasteiger partial charge on any atom is -0.478 e. The summed E-state index contributed by atoms with van der Waals surface area (Å²) in [6.07, 6.45) is 0.881. The molecule has 1 saturated heterocycles. The van der Waals surface area contributed by atoms with E-state index in [4.69, 9.17) is 14.3 Å². The summed E-state index contributed by atoms with van der Waals surface area (Å²) in [6.45, 7) is 3.36. The monoisotopic (exact) mass is 262 g/mol. The molecule has 0 spiro atoms. The molecule has 1 aromatic heterocycles. The second-order valence-corrected chi connectivity index (χ2v) is 4.99. The maximum absolute atomic E-state index is 10.9. The Bertz CT molecular complexity index is 629. The van der Waals surface area contributed by atoms with Crippen LogP contribution in [0.2, 0.25) is 0 Å². The molecular weight excluding hydrogens is 248 g/mol. The Labute approximate surface area is 109 Å². The fraction of sp³-hybridized carbons (Fsp3) is 0.385. The lowest BCUT2D eigenvalue weighted by molar-refractivity contribution is 0.0697. The summed E-state index contributed by atoms with van der Waals surface area (Å²) in [5, 5.41) is 12.1. The van der Waals surface area contributed by atoms with Gasteiger partial charge in [0, 0.05) is 6.61 Å². The number of aromatic carboxylic acids is 1. The topological polar surface area (TPSA) is 84.6 Å². The number of benzene rings is 1. The molecule has 6 nitrogen and oxygen atoms in total. The first-order chi connectivity index (χ1) is 9.06. The molecule has 1 fully saturated rings. The van der Waals surface area contributed by atoms with Crippen LogP contribution in [-0.4, -0.2) is 34.8 Å². The average Bonchev–Trinajstić information content (AvgIpc) is 2.94.